The van der Waals surface area contributed by atoms with E-state index >= 15 is 0 Å². The number of rotatable bonds is 4. The van der Waals surface area contributed by atoms with Crippen LogP contribution in [0.1, 0.15) is 33.1 Å². The zero-order valence-corrected chi connectivity index (χ0v) is 8.46. The summed E-state index contributed by atoms with van der Waals surface area (Å²) in [5, 5.41) is 0. The van der Waals surface area contributed by atoms with Crippen molar-refractivity contribution in [3.05, 3.63) is 0 Å². The molecule has 1 unspecified atom stereocenters. The van der Waals surface area contributed by atoms with Crippen LogP contribution in [-0.4, -0.2) is 29.0 Å². The van der Waals surface area contributed by atoms with Gasteiger partial charge in [0.25, 0.3) is 0 Å². The molecule has 0 amide bonds. The maximum atomic E-state index is 5.23. The second-order valence-electron chi connectivity index (χ2n) is 1.94. The third kappa shape index (κ3) is 3.72. The molecule has 0 aliphatic heterocycles. The molecular weight excluding hydrogens is 207 g/mol. The van der Waals surface area contributed by atoms with E-state index in [1.165, 1.54) is 42.2 Å². The molecule has 0 heterocycles. The fourth-order valence-electron chi connectivity index (χ4n) is 0.668. The minimum atomic E-state index is 0.540. The van der Waals surface area contributed by atoms with Gasteiger partial charge in [0.2, 0.25) is 0 Å². The van der Waals surface area contributed by atoms with E-state index in [0.717, 1.165) is 0 Å². The first-order valence-corrected chi connectivity index (χ1v) is 4.34. The first kappa shape index (κ1) is 8.76. The van der Waals surface area contributed by atoms with Crippen molar-refractivity contribution in [1.29, 1.82) is 0 Å². The fourth-order valence-corrected chi connectivity index (χ4v) is 1.48. The van der Waals surface area contributed by atoms with Gasteiger partial charge in [-0.1, -0.05) is 0 Å². The Morgan fingerprint density at radius 3 is 2.25 bits per heavy atom. The van der Waals surface area contributed by atoms with Crippen LogP contribution in [0.2, 0.25) is 0 Å². The summed E-state index contributed by atoms with van der Waals surface area (Å²) in [5.74, 6) is 0. The quantitative estimate of drug-likeness (QED) is 0.654. The molecule has 3 radical (unpaired) electrons. The molecule has 0 aromatic rings. The zero-order chi connectivity index (χ0) is 6.41. The molecule has 0 N–H and O–H groups in total. The second kappa shape index (κ2) is 5.89. The third-order valence-corrected chi connectivity index (χ3v) is 2.18. The van der Waals surface area contributed by atoms with E-state index < -0.39 is 0 Å². The Bertz CT molecular complexity index is 43.8. The molecular formula is C6H13OSn. The van der Waals surface area contributed by atoms with Crippen LogP contribution in [0.3, 0.4) is 0 Å². The molecule has 0 rings (SSSR count). The van der Waals surface area contributed by atoms with Crippen LogP contribution in [0, 0.1) is 0 Å². The van der Waals surface area contributed by atoms with Gasteiger partial charge in [-0.05, 0) is 0 Å². The molecule has 1 atom stereocenters. The first-order chi connectivity index (χ1) is 3.85. The van der Waals surface area contributed by atoms with Gasteiger partial charge in [0.05, 0.1) is 0 Å². The van der Waals surface area contributed by atoms with Crippen molar-refractivity contribution in [3.8, 4) is 0 Å². The van der Waals surface area contributed by atoms with Crippen LogP contribution in [0.15, 0.2) is 0 Å². The Morgan fingerprint density at radius 2 is 2.12 bits per heavy atom. The van der Waals surface area contributed by atoms with Crippen molar-refractivity contribution < 1.29 is 3.07 Å². The van der Waals surface area contributed by atoms with Gasteiger partial charge in [-0.2, -0.15) is 0 Å². The van der Waals surface area contributed by atoms with Gasteiger partial charge >= 0.3 is 65.2 Å². The van der Waals surface area contributed by atoms with Crippen LogP contribution >= 0.6 is 0 Å². The van der Waals surface area contributed by atoms with Crippen molar-refractivity contribution in [2.24, 2.45) is 0 Å². The Kier molecular flexibility index (Phi) is 6.45. The summed E-state index contributed by atoms with van der Waals surface area (Å²) in [6.45, 7) is 4.36. The molecule has 0 aliphatic rings. The average molecular weight is 220 g/mol. The topological polar surface area (TPSA) is 9.23 Å². The van der Waals surface area contributed by atoms with Crippen LogP contribution in [0.4, 0.5) is 0 Å². The van der Waals surface area contributed by atoms with E-state index in [9.17, 15) is 0 Å². The predicted octanol–water partition coefficient (Wildman–Crippen LogP) is 1.67. The van der Waals surface area contributed by atoms with Crippen molar-refractivity contribution in [2.45, 2.75) is 39.2 Å². The van der Waals surface area contributed by atoms with Crippen LogP contribution in [0.25, 0.3) is 0 Å². The molecule has 0 saturated heterocycles. The van der Waals surface area contributed by atoms with Gasteiger partial charge in [0, 0.05) is 0 Å². The van der Waals surface area contributed by atoms with Gasteiger partial charge < -0.3 is 0 Å². The zero-order valence-electron chi connectivity index (χ0n) is 5.61. The molecule has 0 aromatic heterocycles. The van der Waals surface area contributed by atoms with Crippen LogP contribution < -0.4 is 0 Å². The summed E-state index contributed by atoms with van der Waals surface area (Å²) in [6, 6.07) is 0. The number of hydrogen-bond acceptors (Lipinski definition) is 1. The Labute approximate surface area is 65.4 Å². The minimum absolute atomic E-state index is 0.540. The molecule has 0 fully saturated rings. The molecule has 8 heavy (non-hydrogen) atoms. The second-order valence-corrected chi connectivity index (χ2v) is 2.61. The van der Waals surface area contributed by atoms with Gasteiger partial charge in [-0.3, -0.25) is 0 Å². The molecule has 0 bridgehead atoms. The van der Waals surface area contributed by atoms with Gasteiger partial charge in [0.15, 0.2) is 0 Å². The standard InChI is InChI=1S/C6H13O.Sn/c1-3-5-6(7)4-2;/h6H,3-5H2,1-2H3;/q-1;+1. The van der Waals surface area contributed by atoms with E-state index in [1.807, 2.05) is 0 Å². The van der Waals surface area contributed by atoms with E-state index in [2.05, 4.69) is 13.8 Å². The summed E-state index contributed by atoms with van der Waals surface area (Å²) in [5.41, 5.74) is 0. The summed E-state index contributed by atoms with van der Waals surface area (Å²) >= 11 is 1.21. The summed E-state index contributed by atoms with van der Waals surface area (Å²) in [4.78, 5) is 0. The summed E-state index contributed by atoms with van der Waals surface area (Å²) in [7, 11) is 0. The Balaban J connectivity index is 3.07. The Morgan fingerprint density at radius 1 is 1.50 bits per heavy atom. The van der Waals surface area contributed by atoms with Crippen molar-refractivity contribution in [1.82, 2.24) is 0 Å². The maximum absolute atomic E-state index is 5.23. The van der Waals surface area contributed by atoms with Crippen molar-refractivity contribution in [2.75, 3.05) is 0 Å². The van der Waals surface area contributed by atoms with Crippen LogP contribution in [0.5, 0.6) is 0 Å². The van der Waals surface area contributed by atoms with Crippen molar-refractivity contribution in [3.63, 3.8) is 0 Å². The molecule has 0 aromatic carbocycles. The SMILES string of the molecule is CCCC(CC)[O][Sn]. The molecule has 0 saturated carbocycles. The molecule has 1 nitrogen and oxygen atoms in total. The molecule has 0 spiro atoms. The van der Waals surface area contributed by atoms with Gasteiger partial charge in [-0.25, -0.2) is 0 Å². The summed E-state index contributed by atoms with van der Waals surface area (Å²) < 4.78 is 5.23. The number of hydrogen-bond donors (Lipinski definition) is 0. The molecule has 47 valence electrons. The van der Waals surface area contributed by atoms with Gasteiger partial charge in [-0.15, -0.1) is 0 Å². The van der Waals surface area contributed by atoms with E-state index in [-0.39, 0.29) is 0 Å². The predicted molar refractivity (Wildman–Crippen MR) is 35.8 cm³/mol. The van der Waals surface area contributed by atoms with Crippen molar-refractivity contribution >= 4 is 22.9 Å². The van der Waals surface area contributed by atoms with E-state index in [0.29, 0.717) is 6.10 Å². The summed E-state index contributed by atoms with van der Waals surface area (Å²) in [6.07, 6.45) is 4.17. The molecule has 2 heteroatoms. The Hall–Kier alpha value is 0.759. The third-order valence-electron chi connectivity index (χ3n) is 1.23. The fraction of sp³-hybridized carbons (Fsp3) is 1.00. The van der Waals surface area contributed by atoms with E-state index in [4.69, 9.17) is 3.07 Å². The van der Waals surface area contributed by atoms with Gasteiger partial charge in [0.1, 0.15) is 0 Å². The van der Waals surface area contributed by atoms with E-state index in [1.54, 1.807) is 0 Å². The average Bonchev–Trinajstić information content (AvgIpc) is 1.83. The normalized spacial score (nSPS) is 13.9. The monoisotopic (exact) mass is 221 g/mol. The molecule has 0 aliphatic carbocycles. The van der Waals surface area contributed by atoms with Crippen LogP contribution in [-0.2, 0) is 3.07 Å². The first-order valence-electron chi connectivity index (χ1n) is 3.17.